The average Bonchev–Trinajstić information content (AvgIpc) is 2.63. The third-order valence-electron chi connectivity index (χ3n) is 3.62. The molecule has 0 aliphatic heterocycles. The van der Waals surface area contributed by atoms with Crippen LogP contribution in [0.15, 0.2) is 53.4 Å². The average molecular weight is 410 g/mol. The van der Waals surface area contributed by atoms with Gasteiger partial charge in [-0.1, -0.05) is 30.7 Å². The van der Waals surface area contributed by atoms with Crippen LogP contribution in [0.1, 0.15) is 17.3 Å². The molecule has 0 unspecified atom stereocenters. The molecular formula is C18H20ClN3O4S. The van der Waals surface area contributed by atoms with Crippen LogP contribution in [0.2, 0.25) is 5.02 Å². The fraction of sp³-hybridized carbons (Fsp3) is 0.222. The summed E-state index contributed by atoms with van der Waals surface area (Å²) in [5.41, 5.74) is 0.737. The molecule has 0 aliphatic rings. The van der Waals surface area contributed by atoms with Gasteiger partial charge in [-0.25, -0.2) is 13.1 Å². The summed E-state index contributed by atoms with van der Waals surface area (Å²) in [4.78, 5) is 25.9. The van der Waals surface area contributed by atoms with E-state index in [1.807, 2.05) is 0 Å². The summed E-state index contributed by atoms with van der Waals surface area (Å²) in [6, 6.07) is 12.3. The Morgan fingerprint density at radius 2 is 1.70 bits per heavy atom. The van der Waals surface area contributed by atoms with Crippen molar-refractivity contribution in [2.24, 2.45) is 0 Å². The van der Waals surface area contributed by atoms with Gasteiger partial charge in [0.2, 0.25) is 15.9 Å². The molecule has 0 spiro atoms. The largest absolute Gasteiger partial charge is 0.332 e. The topological polar surface area (TPSA) is 95.6 Å². The number of nitrogens with one attached hydrogen (secondary N) is 2. The van der Waals surface area contributed by atoms with Crippen LogP contribution in [-0.4, -0.2) is 45.3 Å². The summed E-state index contributed by atoms with van der Waals surface area (Å²) in [6.07, 6.45) is 0. The molecule has 9 heteroatoms. The number of anilines is 1. The predicted molar refractivity (Wildman–Crippen MR) is 104 cm³/mol. The maximum absolute atomic E-state index is 12.4. The molecule has 0 bridgehead atoms. The Labute approximate surface area is 163 Å². The van der Waals surface area contributed by atoms with Gasteiger partial charge in [-0.2, -0.15) is 0 Å². The van der Waals surface area contributed by atoms with Crippen molar-refractivity contribution in [3.8, 4) is 0 Å². The molecule has 2 rings (SSSR count). The summed E-state index contributed by atoms with van der Waals surface area (Å²) < 4.78 is 26.2. The number of carbonyl (C=O) groups excluding carboxylic acids is 2. The molecule has 2 amide bonds. The van der Waals surface area contributed by atoms with Crippen LogP contribution in [0.3, 0.4) is 0 Å². The zero-order valence-electron chi connectivity index (χ0n) is 14.9. The summed E-state index contributed by atoms with van der Waals surface area (Å²) in [5.74, 6) is -0.804. The lowest BCUT2D eigenvalue weighted by Crippen LogP contribution is -2.35. The second kappa shape index (κ2) is 8.98. The molecule has 0 saturated heterocycles. The van der Waals surface area contributed by atoms with Gasteiger partial charge in [0.15, 0.2) is 0 Å². The molecule has 144 valence electrons. The van der Waals surface area contributed by atoms with E-state index in [0.29, 0.717) is 10.7 Å². The molecule has 0 aromatic heterocycles. The van der Waals surface area contributed by atoms with Crippen molar-refractivity contribution in [3.63, 3.8) is 0 Å². The minimum atomic E-state index is -3.58. The van der Waals surface area contributed by atoms with E-state index in [2.05, 4.69) is 10.0 Å². The number of amides is 2. The molecule has 0 atom stereocenters. The van der Waals surface area contributed by atoms with Crippen molar-refractivity contribution in [1.29, 1.82) is 0 Å². The molecule has 2 N–H and O–H groups in total. The maximum Gasteiger partial charge on any atom is 0.254 e. The molecule has 0 saturated carbocycles. The van der Waals surface area contributed by atoms with Gasteiger partial charge in [0, 0.05) is 19.2 Å². The molecule has 0 radical (unpaired) electrons. The second-order valence-corrected chi connectivity index (χ2v) is 7.89. The van der Waals surface area contributed by atoms with Crippen LogP contribution in [0.5, 0.6) is 0 Å². The number of para-hydroxylation sites is 1. The van der Waals surface area contributed by atoms with Crippen LogP contribution in [0.4, 0.5) is 5.69 Å². The maximum atomic E-state index is 12.4. The highest BCUT2D eigenvalue weighted by Crippen LogP contribution is 2.20. The number of hydrogen-bond acceptors (Lipinski definition) is 4. The summed E-state index contributed by atoms with van der Waals surface area (Å²) in [6.45, 7) is 1.77. The van der Waals surface area contributed by atoms with Crippen molar-refractivity contribution in [2.45, 2.75) is 11.8 Å². The highest BCUT2D eigenvalue weighted by Gasteiger charge is 2.18. The number of nitrogens with zero attached hydrogens (tertiary/aromatic N) is 1. The molecule has 27 heavy (non-hydrogen) atoms. The highest BCUT2D eigenvalue weighted by molar-refractivity contribution is 7.89. The molecule has 2 aromatic rings. The molecule has 0 heterocycles. The van der Waals surface area contributed by atoms with E-state index in [9.17, 15) is 18.0 Å². The van der Waals surface area contributed by atoms with E-state index in [1.54, 1.807) is 31.2 Å². The van der Waals surface area contributed by atoms with Gasteiger partial charge in [0.1, 0.15) is 0 Å². The summed E-state index contributed by atoms with van der Waals surface area (Å²) in [5, 5.41) is 3.04. The number of rotatable bonds is 7. The zero-order chi connectivity index (χ0) is 20.0. The first-order chi connectivity index (χ1) is 12.7. The number of sulfonamides is 1. The number of benzene rings is 2. The van der Waals surface area contributed by atoms with Crippen LogP contribution >= 0.6 is 11.6 Å². The van der Waals surface area contributed by atoms with Gasteiger partial charge in [-0.05, 0) is 36.4 Å². The van der Waals surface area contributed by atoms with Gasteiger partial charge in [-0.3, -0.25) is 9.59 Å². The lowest BCUT2D eigenvalue weighted by molar-refractivity contribution is -0.116. The Kier molecular flexibility index (Phi) is 6.95. The van der Waals surface area contributed by atoms with Gasteiger partial charge >= 0.3 is 0 Å². The smallest absolute Gasteiger partial charge is 0.254 e. The van der Waals surface area contributed by atoms with Crippen molar-refractivity contribution in [1.82, 2.24) is 9.62 Å². The van der Waals surface area contributed by atoms with Gasteiger partial charge in [0.05, 0.1) is 22.2 Å². The minimum Gasteiger partial charge on any atom is -0.332 e. The summed E-state index contributed by atoms with van der Waals surface area (Å²) in [7, 11) is -2.10. The summed E-state index contributed by atoms with van der Waals surface area (Å²) >= 11 is 5.99. The Hall–Kier alpha value is -2.42. The number of halogens is 1. The van der Waals surface area contributed by atoms with Crippen LogP contribution in [-0.2, 0) is 14.8 Å². The van der Waals surface area contributed by atoms with E-state index < -0.39 is 21.8 Å². The Bertz CT molecular complexity index is 930. The minimum absolute atomic E-state index is 0.0695. The molecule has 2 aromatic carbocycles. The fourth-order valence-electron chi connectivity index (χ4n) is 2.31. The normalized spacial score (nSPS) is 11.1. The lowest BCUT2D eigenvalue weighted by Gasteiger charge is -2.17. The van der Waals surface area contributed by atoms with Crippen LogP contribution in [0.25, 0.3) is 0 Å². The van der Waals surface area contributed by atoms with Crippen LogP contribution in [0, 0.1) is 0 Å². The van der Waals surface area contributed by atoms with Gasteiger partial charge < -0.3 is 10.2 Å². The Balaban J connectivity index is 2.02. The number of carbonyl (C=O) groups is 2. The van der Waals surface area contributed by atoms with E-state index in [0.717, 1.165) is 0 Å². The standard InChI is InChI=1S/C18H20ClN3O4S/c1-3-20-27(25,26)14-10-8-13(9-11-14)18(24)22(2)12-17(23)21-16-7-5-4-6-15(16)19/h4-11,20H,3,12H2,1-2H3,(H,21,23). The Morgan fingerprint density at radius 1 is 1.07 bits per heavy atom. The number of hydrogen-bond donors (Lipinski definition) is 2. The Morgan fingerprint density at radius 3 is 2.30 bits per heavy atom. The van der Waals surface area contributed by atoms with Crippen molar-refractivity contribution >= 4 is 39.1 Å². The van der Waals surface area contributed by atoms with Crippen molar-refractivity contribution in [3.05, 3.63) is 59.1 Å². The molecule has 0 fully saturated rings. The second-order valence-electron chi connectivity index (χ2n) is 5.71. The van der Waals surface area contributed by atoms with Gasteiger partial charge in [0.25, 0.3) is 5.91 Å². The number of likely N-dealkylation sites (N-methyl/N-ethyl adjacent to an activating group) is 1. The van der Waals surface area contributed by atoms with E-state index in [-0.39, 0.29) is 23.5 Å². The zero-order valence-corrected chi connectivity index (χ0v) is 16.5. The van der Waals surface area contributed by atoms with Gasteiger partial charge in [-0.15, -0.1) is 0 Å². The molecule has 0 aliphatic carbocycles. The fourth-order valence-corrected chi connectivity index (χ4v) is 3.53. The third-order valence-corrected chi connectivity index (χ3v) is 5.51. The first-order valence-electron chi connectivity index (χ1n) is 8.14. The quantitative estimate of drug-likeness (QED) is 0.733. The highest BCUT2D eigenvalue weighted by atomic mass is 35.5. The first-order valence-corrected chi connectivity index (χ1v) is 10.00. The van der Waals surface area contributed by atoms with E-state index in [4.69, 9.17) is 11.6 Å². The third kappa shape index (κ3) is 5.53. The van der Waals surface area contributed by atoms with Crippen molar-refractivity contribution in [2.75, 3.05) is 25.5 Å². The molecule has 7 nitrogen and oxygen atoms in total. The SMILES string of the molecule is CCNS(=O)(=O)c1ccc(C(=O)N(C)CC(=O)Nc2ccccc2Cl)cc1. The molecular weight excluding hydrogens is 390 g/mol. The van der Waals surface area contributed by atoms with E-state index in [1.165, 1.54) is 36.2 Å². The lowest BCUT2D eigenvalue weighted by atomic mass is 10.2. The first kappa shape index (κ1) is 20.9. The monoisotopic (exact) mass is 409 g/mol. The van der Waals surface area contributed by atoms with Crippen LogP contribution < -0.4 is 10.0 Å². The van der Waals surface area contributed by atoms with Crippen molar-refractivity contribution < 1.29 is 18.0 Å². The predicted octanol–water partition coefficient (Wildman–Crippen LogP) is 2.35. The van der Waals surface area contributed by atoms with E-state index >= 15 is 0 Å².